The largest absolute Gasteiger partial charge is 0.459 e. The SMILES string of the molecule is CCCCOCCCNC(=O)c1occc1CS(=O)(=O)c1ccccc1. The van der Waals surface area contributed by atoms with Crippen LogP contribution in [0.5, 0.6) is 0 Å². The van der Waals surface area contributed by atoms with Gasteiger partial charge in [-0.3, -0.25) is 4.79 Å². The highest BCUT2D eigenvalue weighted by molar-refractivity contribution is 7.90. The summed E-state index contributed by atoms with van der Waals surface area (Å²) in [6.07, 6.45) is 4.13. The summed E-state index contributed by atoms with van der Waals surface area (Å²) in [5.74, 6) is -0.658. The molecule has 142 valence electrons. The fraction of sp³-hybridized carbons (Fsp3) is 0.421. The number of sulfone groups is 1. The highest BCUT2D eigenvalue weighted by Crippen LogP contribution is 2.19. The average Bonchev–Trinajstić information content (AvgIpc) is 3.09. The van der Waals surface area contributed by atoms with Gasteiger partial charge in [0.1, 0.15) is 0 Å². The highest BCUT2D eigenvalue weighted by atomic mass is 32.2. The van der Waals surface area contributed by atoms with Crippen LogP contribution in [-0.4, -0.2) is 34.1 Å². The number of nitrogens with one attached hydrogen (secondary N) is 1. The van der Waals surface area contributed by atoms with Gasteiger partial charge in [-0.15, -0.1) is 0 Å². The van der Waals surface area contributed by atoms with E-state index in [2.05, 4.69) is 12.2 Å². The molecule has 0 bridgehead atoms. The smallest absolute Gasteiger partial charge is 0.287 e. The normalized spacial score (nSPS) is 11.4. The molecule has 6 nitrogen and oxygen atoms in total. The van der Waals surface area contributed by atoms with Gasteiger partial charge < -0.3 is 14.5 Å². The third-order valence-corrected chi connectivity index (χ3v) is 5.48. The van der Waals surface area contributed by atoms with Crippen molar-refractivity contribution >= 4 is 15.7 Å². The van der Waals surface area contributed by atoms with E-state index >= 15 is 0 Å². The zero-order valence-electron chi connectivity index (χ0n) is 14.9. The second-order valence-electron chi connectivity index (χ2n) is 5.92. The summed E-state index contributed by atoms with van der Waals surface area (Å²) in [6, 6.07) is 9.67. The molecule has 0 aliphatic carbocycles. The molecule has 0 aliphatic rings. The van der Waals surface area contributed by atoms with E-state index in [-0.39, 0.29) is 16.4 Å². The van der Waals surface area contributed by atoms with E-state index in [0.717, 1.165) is 19.4 Å². The van der Waals surface area contributed by atoms with E-state index in [9.17, 15) is 13.2 Å². The predicted octanol–water partition coefficient (Wildman–Crippen LogP) is 3.19. The molecule has 26 heavy (non-hydrogen) atoms. The van der Waals surface area contributed by atoms with Gasteiger partial charge >= 0.3 is 0 Å². The van der Waals surface area contributed by atoms with E-state index in [1.165, 1.54) is 24.5 Å². The van der Waals surface area contributed by atoms with Crippen LogP contribution in [0.2, 0.25) is 0 Å². The van der Waals surface area contributed by atoms with Crippen LogP contribution < -0.4 is 5.32 Å². The molecule has 0 atom stereocenters. The van der Waals surface area contributed by atoms with Gasteiger partial charge in [0, 0.05) is 25.3 Å². The number of ether oxygens (including phenoxy) is 1. The van der Waals surface area contributed by atoms with E-state index < -0.39 is 15.7 Å². The monoisotopic (exact) mass is 379 g/mol. The molecule has 0 saturated heterocycles. The first-order chi connectivity index (χ1) is 12.5. The first kappa shape index (κ1) is 20.2. The molecule has 0 radical (unpaired) electrons. The molecule has 7 heteroatoms. The maximum Gasteiger partial charge on any atom is 0.287 e. The van der Waals surface area contributed by atoms with Crippen molar-refractivity contribution in [1.82, 2.24) is 5.32 Å². The fourth-order valence-electron chi connectivity index (χ4n) is 2.37. The van der Waals surface area contributed by atoms with E-state index in [1.807, 2.05) is 0 Å². The lowest BCUT2D eigenvalue weighted by Gasteiger charge is -2.07. The number of amides is 1. The molecule has 0 unspecified atom stereocenters. The lowest BCUT2D eigenvalue weighted by atomic mass is 10.2. The molecule has 0 fully saturated rings. The Hall–Kier alpha value is -2.12. The van der Waals surface area contributed by atoms with Crippen molar-refractivity contribution in [2.45, 2.75) is 36.8 Å². The lowest BCUT2D eigenvalue weighted by molar-refractivity contribution is 0.0912. The van der Waals surface area contributed by atoms with Gasteiger partial charge in [0.2, 0.25) is 0 Å². The zero-order valence-corrected chi connectivity index (χ0v) is 15.8. The molecule has 0 saturated carbocycles. The van der Waals surface area contributed by atoms with Crippen molar-refractivity contribution in [3.63, 3.8) is 0 Å². The van der Waals surface area contributed by atoms with Crippen molar-refractivity contribution in [2.75, 3.05) is 19.8 Å². The van der Waals surface area contributed by atoms with Crippen molar-refractivity contribution in [1.29, 1.82) is 0 Å². The Morgan fingerprint density at radius 2 is 1.85 bits per heavy atom. The molecular weight excluding hydrogens is 354 g/mol. The minimum atomic E-state index is -3.54. The summed E-state index contributed by atoms with van der Waals surface area (Å²) in [4.78, 5) is 12.5. The van der Waals surface area contributed by atoms with E-state index in [4.69, 9.17) is 9.15 Å². The molecule has 2 rings (SSSR count). The number of benzene rings is 1. The summed E-state index contributed by atoms with van der Waals surface area (Å²) < 4.78 is 35.6. The van der Waals surface area contributed by atoms with Crippen LogP contribution in [0, 0.1) is 0 Å². The summed E-state index contributed by atoms with van der Waals surface area (Å²) in [7, 11) is -3.54. The minimum Gasteiger partial charge on any atom is -0.459 e. The zero-order chi connectivity index (χ0) is 18.8. The van der Waals surface area contributed by atoms with Gasteiger partial charge in [-0.25, -0.2) is 8.42 Å². The third-order valence-electron chi connectivity index (χ3n) is 3.79. The van der Waals surface area contributed by atoms with Gasteiger partial charge in [0.15, 0.2) is 15.6 Å². The van der Waals surface area contributed by atoms with Crippen LogP contribution >= 0.6 is 0 Å². The quantitative estimate of drug-likeness (QED) is 0.606. The number of furan rings is 1. The van der Waals surface area contributed by atoms with E-state index in [0.29, 0.717) is 25.1 Å². The lowest BCUT2D eigenvalue weighted by Crippen LogP contribution is -2.26. The Kier molecular flexibility index (Phi) is 7.87. The van der Waals surface area contributed by atoms with Gasteiger partial charge in [0.05, 0.1) is 16.9 Å². The second kappa shape index (κ2) is 10.1. The maximum absolute atomic E-state index is 12.5. The minimum absolute atomic E-state index is 0.0383. The predicted molar refractivity (Wildman–Crippen MR) is 98.7 cm³/mol. The summed E-state index contributed by atoms with van der Waals surface area (Å²) >= 11 is 0. The van der Waals surface area contributed by atoms with Crippen molar-refractivity contribution in [3.8, 4) is 0 Å². The molecule has 1 amide bonds. The summed E-state index contributed by atoms with van der Waals surface area (Å²) in [6.45, 7) is 3.84. The molecule has 2 aromatic rings. The Labute approximate surface area is 154 Å². The highest BCUT2D eigenvalue weighted by Gasteiger charge is 2.22. The van der Waals surface area contributed by atoms with E-state index in [1.54, 1.807) is 18.2 Å². The Morgan fingerprint density at radius 1 is 1.12 bits per heavy atom. The fourth-order valence-corrected chi connectivity index (χ4v) is 3.74. The van der Waals surface area contributed by atoms with Crippen molar-refractivity contribution in [3.05, 3.63) is 54.0 Å². The van der Waals surface area contributed by atoms with Gasteiger partial charge in [-0.05, 0) is 31.0 Å². The molecule has 1 aromatic carbocycles. The summed E-state index contributed by atoms with van der Waals surface area (Å²) in [5, 5.41) is 2.73. The van der Waals surface area contributed by atoms with Gasteiger partial charge in [-0.1, -0.05) is 31.5 Å². The van der Waals surface area contributed by atoms with Gasteiger partial charge in [-0.2, -0.15) is 0 Å². The first-order valence-corrected chi connectivity index (χ1v) is 10.4. The summed E-state index contributed by atoms with van der Waals surface area (Å²) in [5.41, 5.74) is 0.352. The Bertz CT molecular complexity index is 783. The number of hydrogen-bond acceptors (Lipinski definition) is 5. The van der Waals surface area contributed by atoms with Crippen LogP contribution in [0.3, 0.4) is 0 Å². The molecule has 0 spiro atoms. The Balaban J connectivity index is 1.88. The molecule has 0 aliphatic heterocycles. The molecule has 1 heterocycles. The molecule has 1 N–H and O–H groups in total. The van der Waals surface area contributed by atoms with Crippen LogP contribution in [0.1, 0.15) is 42.3 Å². The van der Waals surface area contributed by atoms with Crippen molar-refractivity contribution < 1.29 is 22.4 Å². The maximum atomic E-state index is 12.5. The third kappa shape index (κ3) is 6.00. The van der Waals surface area contributed by atoms with Crippen LogP contribution in [-0.2, 0) is 20.3 Å². The first-order valence-electron chi connectivity index (χ1n) is 8.74. The molecular formula is C19H25NO5S. The number of carbonyl (C=O) groups excluding carboxylic acids is 1. The number of hydrogen-bond donors (Lipinski definition) is 1. The standard InChI is InChI=1S/C19H25NO5S/c1-2-3-12-24-13-7-11-20-19(21)18-16(10-14-25-18)15-26(22,23)17-8-5-4-6-9-17/h4-6,8-10,14H,2-3,7,11-13,15H2,1H3,(H,20,21). The van der Waals surface area contributed by atoms with Crippen LogP contribution in [0.4, 0.5) is 0 Å². The van der Waals surface area contributed by atoms with Gasteiger partial charge in [0.25, 0.3) is 5.91 Å². The number of unbranched alkanes of at least 4 members (excludes halogenated alkanes) is 1. The number of carbonyl (C=O) groups is 1. The second-order valence-corrected chi connectivity index (χ2v) is 7.91. The van der Waals surface area contributed by atoms with Crippen LogP contribution in [0.15, 0.2) is 52.0 Å². The Morgan fingerprint density at radius 3 is 2.58 bits per heavy atom. The van der Waals surface area contributed by atoms with Crippen LogP contribution in [0.25, 0.3) is 0 Å². The number of rotatable bonds is 11. The topological polar surface area (TPSA) is 85.6 Å². The average molecular weight is 379 g/mol. The van der Waals surface area contributed by atoms with Crippen molar-refractivity contribution in [2.24, 2.45) is 0 Å². The molecule has 1 aromatic heterocycles.